The molecule has 0 aromatic carbocycles. The highest BCUT2D eigenvalue weighted by molar-refractivity contribution is 7.13. The van der Waals surface area contributed by atoms with Gasteiger partial charge in [-0.25, -0.2) is 4.98 Å². The molecule has 2 aromatic rings. The monoisotopic (exact) mass is 310 g/mol. The van der Waals surface area contributed by atoms with Crippen molar-refractivity contribution in [3.8, 4) is 10.7 Å². The molecule has 108 valence electrons. The molecular formula is C14H19ClN4S. The van der Waals surface area contributed by atoms with Crippen LogP contribution in [0.25, 0.3) is 10.7 Å². The van der Waals surface area contributed by atoms with Crippen LogP contribution in [-0.2, 0) is 6.54 Å². The summed E-state index contributed by atoms with van der Waals surface area (Å²) in [5.41, 5.74) is 7.82. The molecule has 0 bridgehead atoms. The number of nitrogens with two attached hydrogens (primary N) is 1. The molecule has 1 atom stereocenters. The molecule has 20 heavy (non-hydrogen) atoms. The van der Waals surface area contributed by atoms with Gasteiger partial charge in [0.2, 0.25) is 0 Å². The second kappa shape index (κ2) is 7.13. The summed E-state index contributed by atoms with van der Waals surface area (Å²) < 4.78 is 0. The van der Waals surface area contributed by atoms with Gasteiger partial charge in [-0.15, -0.1) is 23.7 Å². The zero-order chi connectivity index (χ0) is 13.1. The zero-order valence-electron chi connectivity index (χ0n) is 11.2. The van der Waals surface area contributed by atoms with Crippen LogP contribution in [0.3, 0.4) is 0 Å². The zero-order valence-corrected chi connectivity index (χ0v) is 12.9. The second-order valence-electron chi connectivity index (χ2n) is 4.98. The third-order valence-corrected chi connectivity index (χ3v) is 4.44. The van der Waals surface area contributed by atoms with Gasteiger partial charge in [0.25, 0.3) is 0 Å². The third-order valence-electron chi connectivity index (χ3n) is 3.52. The molecule has 3 rings (SSSR count). The van der Waals surface area contributed by atoms with Crippen LogP contribution in [0, 0.1) is 5.92 Å². The quantitative estimate of drug-likeness (QED) is 0.942. The van der Waals surface area contributed by atoms with Gasteiger partial charge in [0.05, 0.1) is 11.4 Å². The van der Waals surface area contributed by atoms with Gasteiger partial charge in [-0.05, 0) is 37.6 Å². The van der Waals surface area contributed by atoms with E-state index in [9.17, 15) is 0 Å². The normalized spacial score (nSPS) is 18.9. The highest BCUT2D eigenvalue weighted by atomic mass is 35.5. The highest BCUT2D eigenvalue weighted by Crippen LogP contribution is 2.23. The molecule has 1 aliphatic rings. The molecule has 1 unspecified atom stereocenters. The topological polar surface area (TPSA) is 55.0 Å². The summed E-state index contributed by atoms with van der Waals surface area (Å²) in [4.78, 5) is 11.5. The molecule has 3 heterocycles. The minimum absolute atomic E-state index is 0. The molecule has 0 amide bonds. The van der Waals surface area contributed by atoms with Crippen molar-refractivity contribution in [3.05, 3.63) is 35.5 Å². The van der Waals surface area contributed by atoms with Gasteiger partial charge in [0.1, 0.15) is 5.01 Å². The summed E-state index contributed by atoms with van der Waals surface area (Å²) in [5, 5.41) is 3.14. The SMILES string of the molecule is Cl.NCC1CCN(Cc2csc(-c3ccccn3)n2)C1. The molecule has 2 aromatic heterocycles. The number of likely N-dealkylation sites (tertiary alicyclic amines) is 1. The molecular weight excluding hydrogens is 292 g/mol. The maximum Gasteiger partial charge on any atom is 0.142 e. The maximum atomic E-state index is 5.72. The molecule has 0 saturated carbocycles. The summed E-state index contributed by atoms with van der Waals surface area (Å²) >= 11 is 1.67. The summed E-state index contributed by atoms with van der Waals surface area (Å²) in [7, 11) is 0. The van der Waals surface area contributed by atoms with E-state index >= 15 is 0 Å². The Labute approximate surface area is 129 Å². The Balaban J connectivity index is 0.00000147. The van der Waals surface area contributed by atoms with Crippen LogP contribution >= 0.6 is 23.7 Å². The first-order valence-corrected chi connectivity index (χ1v) is 7.51. The molecule has 6 heteroatoms. The summed E-state index contributed by atoms with van der Waals surface area (Å²) in [6, 6.07) is 5.92. The maximum absolute atomic E-state index is 5.72. The number of hydrogen-bond acceptors (Lipinski definition) is 5. The fraction of sp³-hybridized carbons (Fsp3) is 0.429. The highest BCUT2D eigenvalue weighted by Gasteiger charge is 2.21. The van der Waals surface area contributed by atoms with Crippen molar-refractivity contribution in [2.24, 2.45) is 11.7 Å². The number of nitrogens with zero attached hydrogens (tertiary/aromatic N) is 3. The molecule has 0 radical (unpaired) electrons. The van der Waals surface area contributed by atoms with Gasteiger partial charge in [0.15, 0.2) is 0 Å². The van der Waals surface area contributed by atoms with Crippen LogP contribution in [0.5, 0.6) is 0 Å². The van der Waals surface area contributed by atoms with Crippen molar-refractivity contribution in [2.75, 3.05) is 19.6 Å². The smallest absolute Gasteiger partial charge is 0.142 e. The van der Waals surface area contributed by atoms with Crippen molar-refractivity contribution in [2.45, 2.75) is 13.0 Å². The lowest BCUT2D eigenvalue weighted by molar-refractivity contribution is 0.315. The van der Waals surface area contributed by atoms with Crippen LogP contribution < -0.4 is 5.73 Å². The minimum Gasteiger partial charge on any atom is -0.330 e. The van der Waals surface area contributed by atoms with Crippen molar-refractivity contribution in [1.29, 1.82) is 0 Å². The minimum atomic E-state index is 0. The lowest BCUT2D eigenvalue weighted by Crippen LogP contribution is -2.22. The van der Waals surface area contributed by atoms with Crippen molar-refractivity contribution < 1.29 is 0 Å². The number of halogens is 1. The predicted octanol–water partition coefficient (Wildman–Crippen LogP) is 2.41. The molecule has 0 aliphatic carbocycles. The summed E-state index contributed by atoms with van der Waals surface area (Å²) in [6.45, 7) is 3.97. The van der Waals surface area contributed by atoms with E-state index in [4.69, 9.17) is 5.73 Å². The van der Waals surface area contributed by atoms with E-state index in [1.165, 1.54) is 6.42 Å². The Kier molecular flexibility index (Phi) is 5.48. The van der Waals surface area contributed by atoms with E-state index in [0.29, 0.717) is 5.92 Å². The van der Waals surface area contributed by atoms with Crippen LogP contribution in [0.4, 0.5) is 0 Å². The molecule has 0 spiro atoms. The predicted molar refractivity (Wildman–Crippen MR) is 85.0 cm³/mol. The van der Waals surface area contributed by atoms with E-state index in [1.54, 1.807) is 11.3 Å². The van der Waals surface area contributed by atoms with Gasteiger partial charge in [-0.2, -0.15) is 0 Å². The average molecular weight is 311 g/mol. The van der Waals surface area contributed by atoms with Gasteiger partial charge in [-0.1, -0.05) is 6.07 Å². The standard InChI is InChI=1S/C14H18N4S.ClH/c15-7-11-4-6-18(8-11)9-12-10-19-14(17-12)13-3-1-2-5-16-13;/h1-3,5,10-11H,4,6-9,15H2;1H. The van der Waals surface area contributed by atoms with Crippen molar-refractivity contribution >= 4 is 23.7 Å². The second-order valence-corrected chi connectivity index (χ2v) is 5.84. The van der Waals surface area contributed by atoms with Crippen LogP contribution in [0.1, 0.15) is 12.1 Å². The fourth-order valence-electron chi connectivity index (χ4n) is 2.46. The number of aromatic nitrogens is 2. The van der Waals surface area contributed by atoms with Crippen molar-refractivity contribution in [1.82, 2.24) is 14.9 Å². The Morgan fingerprint density at radius 2 is 2.30 bits per heavy atom. The van der Waals surface area contributed by atoms with E-state index in [0.717, 1.165) is 42.6 Å². The Morgan fingerprint density at radius 1 is 1.40 bits per heavy atom. The largest absolute Gasteiger partial charge is 0.330 e. The molecule has 1 aliphatic heterocycles. The van der Waals surface area contributed by atoms with E-state index in [-0.39, 0.29) is 12.4 Å². The number of rotatable bonds is 4. The lowest BCUT2D eigenvalue weighted by atomic mass is 10.1. The van der Waals surface area contributed by atoms with Gasteiger partial charge in [-0.3, -0.25) is 9.88 Å². The van der Waals surface area contributed by atoms with E-state index < -0.39 is 0 Å². The number of thiazole rings is 1. The average Bonchev–Trinajstić information content (AvgIpc) is 3.09. The van der Waals surface area contributed by atoms with Gasteiger partial charge >= 0.3 is 0 Å². The fourth-order valence-corrected chi connectivity index (χ4v) is 3.25. The summed E-state index contributed by atoms with van der Waals surface area (Å²) in [6.07, 6.45) is 3.02. The Bertz CT molecular complexity index is 531. The van der Waals surface area contributed by atoms with E-state index in [1.807, 2.05) is 24.4 Å². The third kappa shape index (κ3) is 3.55. The van der Waals surface area contributed by atoms with Gasteiger partial charge in [0, 0.05) is 24.7 Å². The lowest BCUT2D eigenvalue weighted by Gasteiger charge is -2.13. The molecule has 1 saturated heterocycles. The van der Waals surface area contributed by atoms with Crippen molar-refractivity contribution in [3.63, 3.8) is 0 Å². The number of pyridine rings is 1. The first-order chi connectivity index (χ1) is 9.35. The Morgan fingerprint density at radius 3 is 3.00 bits per heavy atom. The van der Waals surface area contributed by atoms with Crippen LogP contribution in [0.2, 0.25) is 0 Å². The van der Waals surface area contributed by atoms with E-state index in [2.05, 4.69) is 20.2 Å². The molecule has 4 nitrogen and oxygen atoms in total. The van der Waals surface area contributed by atoms with Gasteiger partial charge < -0.3 is 5.73 Å². The summed E-state index contributed by atoms with van der Waals surface area (Å²) in [5.74, 6) is 0.661. The molecule has 2 N–H and O–H groups in total. The number of hydrogen-bond donors (Lipinski definition) is 1. The van der Waals surface area contributed by atoms with Crippen LogP contribution in [-0.4, -0.2) is 34.5 Å². The van der Waals surface area contributed by atoms with Crippen LogP contribution in [0.15, 0.2) is 29.8 Å². The first-order valence-electron chi connectivity index (χ1n) is 6.63. The Hall–Kier alpha value is -1.01. The molecule has 1 fully saturated rings. The first kappa shape index (κ1) is 15.4.